The van der Waals surface area contributed by atoms with Gasteiger partial charge in [-0.15, -0.1) is 0 Å². The van der Waals surface area contributed by atoms with Gasteiger partial charge in [0, 0.05) is 32.7 Å². The molecule has 0 aromatic heterocycles. The van der Waals surface area contributed by atoms with Gasteiger partial charge in [-0.25, -0.2) is 0 Å². The van der Waals surface area contributed by atoms with Crippen molar-refractivity contribution in [2.75, 3.05) is 39.3 Å². The van der Waals surface area contributed by atoms with Crippen LogP contribution in [0.1, 0.15) is 32.1 Å². The van der Waals surface area contributed by atoms with Gasteiger partial charge >= 0.3 is 6.18 Å². The number of rotatable bonds is 4. The Hall–Kier alpha value is -0.330. The van der Waals surface area contributed by atoms with E-state index in [1.54, 1.807) is 0 Å². The van der Waals surface area contributed by atoms with Crippen LogP contribution >= 0.6 is 0 Å². The van der Waals surface area contributed by atoms with E-state index in [2.05, 4.69) is 5.32 Å². The maximum Gasteiger partial charge on any atom is 0.394 e. The smallest absolute Gasteiger partial charge is 0.377 e. The Morgan fingerprint density at radius 2 is 1.90 bits per heavy atom. The lowest BCUT2D eigenvalue weighted by Crippen LogP contribution is -2.39. The van der Waals surface area contributed by atoms with Crippen LogP contribution in [0.4, 0.5) is 13.2 Å². The third-order valence-electron chi connectivity index (χ3n) is 4.25. The Morgan fingerprint density at radius 1 is 1.15 bits per heavy atom. The molecule has 1 heterocycles. The van der Waals surface area contributed by atoms with E-state index in [9.17, 15) is 13.2 Å². The molecule has 2 rings (SSSR count). The highest BCUT2D eigenvalue weighted by molar-refractivity contribution is 4.78. The standard InChI is InChI=1S/C14H25F3N2O/c15-14(16,17)12-10-18-6-7-19(11-12)8-9-20-13-4-2-1-3-5-13/h12-13,18H,1-11H2. The molecule has 1 saturated carbocycles. The van der Waals surface area contributed by atoms with E-state index in [4.69, 9.17) is 4.74 Å². The van der Waals surface area contributed by atoms with Gasteiger partial charge in [-0.1, -0.05) is 19.3 Å². The minimum atomic E-state index is -4.11. The van der Waals surface area contributed by atoms with Crippen molar-refractivity contribution in [2.24, 2.45) is 5.92 Å². The zero-order valence-corrected chi connectivity index (χ0v) is 11.9. The summed E-state index contributed by atoms with van der Waals surface area (Å²) in [5.41, 5.74) is 0. The number of halogens is 3. The van der Waals surface area contributed by atoms with Crippen molar-refractivity contribution in [3.05, 3.63) is 0 Å². The number of ether oxygens (including phenoxy) is 1. The molecule has 0 aromatic carbocycles. The quantitative estimate of drug-likeness (QED) is 0.862. The van der Waals surface area contributed by atoms with Crippen LogP contribution in [-0.2, 0) is 4.74 Å². The summed E-state index contributed by atoms with van der Waals surface area (Å²) in [5, 5.41) is 2.87. The van der Waals surface area contributed by atoms with Gasteiger partial charge in [0.15, 0.2) is 0 Å². The third-order valence-corrected chi connectivity index (χ3v) is 4.25. The molecule has 20 heavy (non-hydrogen) atoms. The molecule has 0 aromatic rings. The second-order valence-corrected chi connectivity index (χ2v) is 5.87. The Morgan fingerprint density at radius 3 is 2.60 bits per heavy atom. The highest BCUT2D eigenvalue weighted by Gasteiger charge is 2.40. The van der Waals surface area contributed by atoms with Crippen LogP contribution < -0.4 is 5.32 Å². The summed E-state index contributed by atoms with van der Waals surface area (Å²) in [4.78, 5) is 1.88. The fourth-order valence-electron chi connectivity index (χ4n) is 2.98. The lowest BCUT2D eigenvalue weighted by atomic mass is 9.98. The summed E-state index contributed by atoms with van der Waals surface area (Å²) < 4.78 is 44.2. The lowest BCUT2D eigenvalue weighted by Gasteiger charge is -2.27. The number of alkyl halides is 3. The maximum atomic E-state index is 12.8. The second kappa shape index (κ2) is 7.61. The maximum absolute atomic E-state index is 12.8. The van der Waals surface area contributed by atoms with Crippen LogP contribution in [0.25, 0.3) is 0 Å². The molecule has 1 saturated heterocycles. The van der Waals surface area contributed by atoms with Crippen molar-refractivity contribution >= 4 is 0 Å². The van der Waals surface area contributed by atoms with Gasteiger partial charge < -0.3 is 10.1 Å². The summed E-state index contributed by atoms with van der Waals surface area (Å²) in [6, 6.07) is 0. The van der Waals surface area contributed by atoms with Crippen molar-refractivity contribution in [2.45, 2.75) is 44.4 Å². The summed E-state index contributed by atoms with van der Waals surface area (Å²) in [6.07, 6.45) is 2.14. The van der Waals surface area contributed by atoms with E-state index >= 15 is 0 Å². The average molecular weight is 294 g/mol. The average Bonchev–Trinajstić information content (AvgIpc) is 2.65. The summed E-state index contributed by atoms with van der Waals surface area (Å²) >= 11 is 0. The van der Waals surface area contributed by atoms with E-state index < -0.39 is 12.1 Å². The van der Waals surface area contributed by atoms with E-state index in [0.717, 1.165) is 12.8 Å². The molecule has 2 aliphatic rings. The molecule has 1 atom stereocenters. The fraction of sp³-hybridized carbons (Fsp3) is 1.00. The van der Waals surface area contributed by atoms with E-state index in [1.165, 1.54) is 19.3 Å². The largest absolute Gasteiger partial charge is 0.394 e. The van der Waals surface area contributed by atoms with E-state index in [-0.39, 0.29) is 13.1 Å². The molecule has 1 unspecified atom stereocenters. The number of nitrogens with zero attached hydrogens (tertiary/aromatic N) is 1. The van der Waals surface area contributed by atoms with Crippen molar-refractivity contribution in [1.29, 1.82) is 0 Å². The highest BCUT2D eigenvalue weighted by atomic mass is 19.4. The Labute approximate surface area is 118 Å². The lowest BCUT2D eigenvalue weighted by molar-refractivity contribution is -0.176. The van der Waals surface area contributed by atoms with Crippen LogP contribution in [0.3, 0.4) is 0 Å². The molecule has 0 amide bonds. The SMILES string of the molecule is FC(F)(F)C1CNCCN(CCOC2CCCCC2)C1. The number of nitrogens with one attached hydrogen (secondary N) is 1. The molecule has 6 heteroatoms. The first-order valence-electron chi connectivity index (χ1n) is 7.67. The van der Waals surface area contributed by atoms with Gasteiger partial charge in [0.25, 0.3) is 0 Å². The van der Waals surface area contributed by atoms with Crippen molar-refractivity contribution < 1.29 is 17.9 Å². The summed E-state index contributed by atoms with van der Waals surface area (Å²) in [5.74, 6) is -1.26. The normalized spacial score (nSPS) is 27.4. The van der Waals surface area contributed by atoms with Gasteiger partial charge in [0.05, 0.1) is 18.6 Å². The number of hydrogen-bond donors (Lipinski definition) is 1. The van der Waals surface area contributed by atoms with Gasteiger partial charge in [0.1, 0.15) is 0 Å². The first-order valence-corrected chi connectivity index (χ1v) is 7.67. The number of hydrogen-bond acceptors (Lipinski definition) is 3. The predicted octanol–water partition coefficient (Wildman–Crippen LogP) is 2.42. The topological polar surface area (TPSA) is 24.5 Å². The van der Waals surface area contributed by atoms with Gasteiger partial charge in [-0.3, -0.25) is 4.90 Å². The second-order valence-electron chi connectivity index (χ2n) is 5.87. The van der Waals surface area contributed by atoms with Crippen molar-refractivity contribution in [3.63, 3.8) is 0 Å². The van der Waals surface area contributed by atoms with Crippen LogP contribution in [0.2, 0.25) is 0 Å². The third kappa shape index (κ3) is 5.22. The Balaban J connectivity index is 1.70. The predicted molar refractivity (Wildman–Crippen MR) is 71.7 cm³/mol. The first-order chi connectivity index (χ1) is 9.55. The molecule has 2 fully saturated rings. The van der Waals surface area contributed by atoms with Crippen LogP contribution in [0.5, 0.6) is 0 Å². The Kier molecular flexibility index (Phi) is 6.11. The molecule has 0 radical (unpaired) electrons. The zero-order chi connectivity index (χ0) is 14.4. The van der Waals surface area contributed by atoms with Crippen LogP contribution in [0, 0.1) is 5.92 Å². The van der Waals surface area contributed by atoms with Gasteiger partial charge in [0.2, 0.25) is 0 Å². The van der Waals surface area contributed by atoms with E-state index in [0.29, 0.717) is 32.3 Å². The molecule has 1 N–H and O–H groups in total. The zero-order valence-electron chi connectivity index (χ0n) is 11.9. The summed E-state index contributed by atoms with van der Waals surface area (Å²) in [6.45, 7) is 2.56. The van der Waals surface area contributed by atoms with Crippen molar-refractivity contribution in [1.82, 2.24) is 10.2 Å². The molecule has 3 nitrogen and oxygen atoms in total. The molecular weight excluding hydrogens is 269 g/mol. The van der Waals surface area contributed by atoms with Crippen LogP contribution in [0.15, 0.2) is 0 Å². The minimum Gasteiger partial charge on any atom is -0.377 e. The Bertz CT molecular complexity index is 280. The first kappa shape index (κ1) is 16.0. The van der Waals surface area contributed by atoms with E-state index in [1.807, 2.05) is 4.90 Å². The molecule has 118 valence electrons. The highest BCUT2D eigenvalue weighted by Crippen LogP contribution is 2.27. The molecular formula is C14H25F3N2O. The summed E-state index contributed by atoms with van der Waals surface area (Å²) in [7, 11) is 0. The fourth-order valence-corrected chi connectivity index (χ4v) is 2.98. The van der Waals surface area contributed by atoms with Gasteiger partial charge in [-0.05, 0) is 12.8 Å². The monoisotopic (exact) mass is 294 g/mol. The molecule has 0 bridgehead atoms. The minimum absolute atomic E-state index is 0.0312. The van der Waals surface area contributed by atoms with Gasteiger partial charge in [-0.2, -0.15) is 13.2 Å². The van der Waals surface area contributed by atoms with Crippen molar-refractivity contribution in [3.8, 4) is 0 Å². The molecule has 0 spiro atoms. The van der Waals surface area contributed by atoms with Crippen LogP contribution in [-0.4, -0.2) is 56.5 Å². The molecule has 1 aliphatic carbocycles. The molecule has 1 aliphatic heterocycles.